The van der Waals surface area contributed by atoms with Crippen molar-refractivity contribution in [2.24, 2.45) is 0 Å². The third-order valence-corrected chi connectivity index (χ3v) is 5.42. The van der Waals surface area contributed by atoms with E-state index in [0.717, 1.165) is 24.6 Å². The normalized spacial score (nSPS) is 17.6. The van der Waals surface area contributed by atoms with Gasteiger partial charge >= 0.3 is 6.03 Å². The molecule has 1 fully saturated rings. The Hall–Kier alpha value is -1.79. The van der Waals surface area contributed by atoms with Gasteiger partial charge in [0.05, 0.1) is 12.1 Å². The molecule has 2 amide bonds. The highest BCUT2D eigenvalue weighted by Gasteiger charge is 2.25. The summed E-state index contributed by atoms with van der Waals surface area (Å²) in [4.78, 5) is 16.0. The van der Waals surface area contributed by atoms with Gasteiger partial charge in [0, 0.05) is 11.4 Å². The van der Waals surface area contributed by atoms with E-state index in [2.05, 4.69) is 33.0 Å². The number of hydrogen-bond acceptors (Lipinski definition) is 4. The topological polar surface area (TPSA) is 57.5 Å². The molecule has 5 nitrogen and oxygen atoms in total. The average Bonchev–Trinajstić information content (AvgIpc) is 3.30. The van der Waals surface area contributed by atoms with E-state index in [1.807, 2.05) is 26.0 Å². The number of rotatable bonds is 6. The van der Waals surface area contributed by atoms with Crippen LogP contribution in [-0.4, -0.2) is 30.6 Å². The Morgan fingerprint density at radius 2 is 2.12 bits per heavy atom. The lowest BCUT2D eigenvalue weighted by Gasteiger charge is -2.27. The predicted octanol–water partition coefficient (Wildman–Crippen LogP) is 3.85. The second-order valence-corrected chi connectivity index (χ2v) is 7.28. The monoisotopic (exact) mass is 347 g/mol. The molecule has 1 aliphatic rings. The number of amides is 2. The molecule has 2 atom stereocenters. The van der Waals surface area contributed by atoms with E-state index in [9.17, 15) is 4.79 Å². The molecule has 3 rings (SSSR count). The Kier molecular flexibility index (Phi) is 5.58. The second kappa shape index (κ2) is 7.85. The maximum atomic E-state index is 12.2. The molecular weight excluding hydrogens is 322 g/mol. The molecule has 2 N–H and O–H groups in total. The first-order chi connectivity index (χ1) is 11.6. The van der Waals surface area contributed by atoms with Gasteiger partial charge in [-0.25, -0.2) is 4.79 Å². The highest BCUT2D eigenvalue weighted by molar-refractivity contribution is 7.10. The van der Waals surface area contributed by atoms with Crippen LogP contribution in [0.3, 0.4) is 0 Å². The van der Waals surface area contributed by atoms with Gasteiger partial charge in [0.25, 0.3) is 0 Å². The fraction of sp³-hybridized carbons (Fsp3) is 0.500. The van der Waals surface area contributed by atoms with Crippen LogP contribution >= 0.6 is 11.3 Å². The zero-order chi connectivity index (χ0) is 16.9. The molecule has 3 heterocycles. The predicted molar refractivity (Wildman–Crippen MR) is 96.3 cm³/mol. The highest BCUT2D eigenvalue weighted by Crippen LogP contribution is 2.27. The van der Waals surface area contributed by atoms with Crippen molar-refractivity contribution in [3.05, 3.63) is 46.0 Å². The van der Waals surface area contributed by atoms with E-state index in [4.69, 9.17) is 4.42 Å². The molecule has 0 aliphatic carbocycles. The number of carbonyl (C=O) groups is 1. The number of furan rings is 1. The number of nitrogens with one attached hydrogen (secondary N) is 2. The molecule has 1 saturated heterocycles. The van der Waals surface area contributed by atoms with Crippen molar-refractivity contribution < 1.29 is 9.21 Å². The van der Waals surface area contributed by atoms with Crippen molar-refractivity contribution in [2.75, 3.05) is 19.6 Å². The van der Waals surface area contributed by atoms with Gasteiger partial charge in [0.15, 0.2) is 0 Å². The van der Waals surface area contributed by atoms with Crippen LogP contribution in [0.4, 0.5) is 4.79 Å². The van der Waals surface area contributed by atoms with Crippen LogP contribution in [0.15, 0.2) is 34.1 Å². The first-order valence-electron chi connectivity index (χ1n) is 8.51. The minimum Gasteiger partial charge on any atom is -0.464 e. The number of likely N-dealkylation sites (tertiary alicyclic amines) is 1. The molecule has 24 heavy (non-hydrogen) atoms. The maximum Gasteiger partial charge on any atom is 0.315 e. The number of carbonyl (C=O) groups excluding carboxylic acids is 1. The van der Waals surface area contributed by atoms with E-state index in [-0.39, 0.29) is 18.1 Å². The van der Waals surface area contributed by atoms with Gasteiger partial charge in [-0.2, -0.15) is 0 Å². The Labute approximate surface area is 147 Å². The zero-order valence-corrected chi connectivity index (χ0v) is 15.1. The minimum atomic E-state index is -0.155. The van der Waals surface area contributed by atoms with Gasteiger partial charge in [-0.1, -0.05) is 6.07 Å². The van der Waals surface area contributed by atoms with Crippen LogP contribution in [0, 0.1) is 6.92 Å². The summed E-state index contributed by atoms with van der Waals surface area (Å²) in [7, 11) is 0. The first kappa shape index (κ1) is 17.0. The molecule has 0 aromatic carbocycles. The molecule has 6 heteroatoms. The lowest BCUT2D eigenvalue weighted by molar-refractivity contribution is 0.219. The maximum absolute atomic E-state index is 12.2. The van der Waals surface area contributed by atoms with Crippen molar-refractivity contribution in [1.29, 1.82) is 0 Å². The van der Waals surface area contributed by atoms with Crippen molar-refractivity contribution in [3.8, 4) is 0 Å². The zero-order valence-electron chi connectivity index (χ0n) is 14.2. The summed E-state index contributed by atoms with van der Waals surface area (Å²) >= 11 is 1.75. The fourth-order valence-electron chi connectivity index (χ4n) is 3.14. The van der Waals surface area contributed by atoms with Crippen molar-refractivity contribution in [1.82, 2.24) is 15.5 Å². The largest absolute Gasteiger partial charge is 0.464 e. The summed E-state index contributed by atoms with van der Waals surface area (Å²) in [5.41, 5.74) is 0. The Balaban J connectivity index is 1.55. The molecule has 0 saturated carbocycles. The number of urea groups is 1. The van der Waals surface area contributed by atoms with E-state index >= 15 is 0 Å². The van der Waals surface area contributed by atoms with Crippen LogP contribution in [-0.2, 0) is 0 Å². The molecule has 2 aromatic rings. The second-order valence-electron chi connectivity index (χ2n) is 6.30. The fourth-order valence-corrected chi connectivity index (χ4v) is 4.00. The summed E-state index contributed by atoms with van der Waals surface area (Å²) in [6, 6.07) is 8.00. The smallest absolute Gasteiger partial charge is 0.315 e. The Bertz CT molecular complexity index is 647. The van der Waals surface area contributed by atoms with E-state index in [1.54, 1.807) is 11.3 Å². The molecule has 1 aliphatic heterocycles. The third kappa shape index (κ3) is 4.19. The SMILES string of the molecule is Cc1ccc(C(C)NC(=O)NCC(c2cccs2)N2CCCC2)o1. The molecular formula is C18H25N3O2S. The summed E-state index contributed by atoms with van der Waals surface area (Å²) in [6.07, 6.45) is 2.48. The molecule has 2 aromatic heterocycles. The van der Waals surface area contributed by atoms with Gasteiger partial charge < -0.3 is 15.1 Å². The summed E-state index contributed by atoms with van der Waals surface area (Å²) < 4.78 is 5.56. The summed E-state index contributed by atoms with van der Waals surface area (Å²) in [5.74, 6) is 1.63. The van der Waals surface area contributed by atoms with Crippen LogP contribution in [0.5, 0.6) is 0 Å². The van der Waals surface area contributed by atoms with Crippen LogP contribution < -0.4 is 10.6 Å². The minimum absolute atomic E-state index is 0.148. The van der Waals surface area contributed by atoms with Crippen molar-refractivity contribution >= 4 is 17.4 Å². The van der Waals surface area contributed by atoms with E-state index in [0.29, 0.717) is 6.54 Å². The summed E-state index contributed by atoms with van der Waals surface area (Å²) in [5, 5.41) is 8.07. The van der Waals surface area contributed by atoms with Crippen molar-refractivity contribution in [3.63, 3.8) is 0 Å². The van der Waals surface area contributed by atoms with Crippen molar-refractivity contribution in [2.45, 2.75) is 38.8 Å². The Morgan fingerprint density at radius 3 is 2.75 bits per heavy atom. The molecule has 0 spiro atoms. The molecule has 0 bridgehead atoms. The van der Waals surface area contributed by atoms with Gasteiger partial charge in [-0.3, -0.25) is 4.90 Å². The highest BCUT2D eigenvalue weighted by atomic mass is 32.1. The number of thiophene rings is 1. The number of nitrogens with zero attached hydrogens (tertiary/aromatic N) is 1. The van der Waals surface area contributed by atoms with Crippen LogP contribution in [0.25, 0.3) is 0 Å². The Morgan fingerprint density at radius 1 is 1.33 bits per heavy atom. The van der Waals surface area contributed by atoms with Gasteiger partial charge in [-0.05, 0) is 63.4 Å². The third-order valence-electron chi connectivity index (χ3n) is 4.44. The standard InChI is InChI=1S/C18H25N3O2S/c1-13-7-8-16(23-13)14(2)20-18(22)19-12-15(17-6-5-11-24-17)21-9-3-4-10-21/h5-8,11,14-15H,3-4,9-10,12H2,1-2H3,(H2,19,20,22). The van der Waals surface area contributed by atoms with Gasteiger partial charge in [0.2, 0.25) is 0 Å². The molecule has 2 unspecified atom stereocenters. The lowest BCUT2D eigenvalue weighted by Crippen LogP contribution is -2.42. The lowest BCUT2D eigenvalue weighted by atomic mass is 10.2. The summed E-state index contributed by atoms with van der Waals surface area (Å²) in [6.45, 7) is 6.66. The van der Waals surface area contributed by atoms with Gasteiger partial charge in [-0.15, -0.1) is 11.3 Å². The molecule has 0 radical (unpaired) electrons. The first-order valence-corrected chi connectivity index (χ1v) is 9.39. The van der Waals surface area contributed by atoms with Crippen LogP contribution in [0.2, 0.25) is 0 Å². The number of hydrogen-bond donors (Lipinski definition) is 2. The quantitative estimate of drug-likeness (QED) is 0.834. The average molecular weight is 347 g/mol. The van der Waals surface area contributed by atoms with E-state index in [1.165, 1.54) is 17.7 Å². The van der Waals surface area contributed by atoms with E-state index < -0.39 is 0 Å². The number of aryl methyl sites for hydroxylation is 1. The molecule has 130 valence electrons. The van der Waals surface area contributed by atoms with Crippen LogP contribution in [0.1, 0.15) is 48.2 Å². The van der Waals surface area contributed by atoms with Gasteiger partial charge in [0.1, 0.15) is 11.5 Å².